The van der Waals surface area contributed by atoms with E-state index in [2.05, 4.69) is 35.8 Å². The molecule has 0 heterocycles. The van der Waals surface area contributed by atoms with Gasteiger partial charge in [-0.3, -0.25) is 4.79 Å². The minimum absolute atomic E-state index is 0.155. The number of rotatable bonds is 0. The number of carbonyl (C=O) groups excluding carboxylic acids is 1. The molecule has 1 unspecified atom stereocenters. The standard InChI is InChI=1S/C12H13BrO/c1-6-4-9-5-7(2)12(14)10(9)11(13)8(6)3/h4,7H,5H2,1-3H3. The minimum Gasteiger partial charge on any atom is -0.294 e. The summed E-state index contributed by atoms with van der Waals surface area (Å²) in [7, 11) is 0. The lowest BCUT2D eigenvalue weighted by molar-refractivity contribution is 0.0945. The van der Waals surface area contributed by atoms with Crippen LogP contribution in [0.15, 0.2) is 10.5 Å². The van der Waals surface area contributed by atoms with Gasteiger partial charge in [-0.15, -0.1) is 0 Å². The third-order valence-electron chi connectivity index (χ3n) is 3.07. The number of ketones is 1. The highest BCUT2D eigenvalue weighted by atomic mass is 79.9. The Morgan fingerprint density at radius 2 is 2.07 bits per heavy atom. The molecule has 1 atom stereocenters. The lowest BCUT2D eigenvalue weighted by Gasteiger charge is -2.08. The summed E-state index contributed by atoms with van der Waals surface area (Å²) in [6.07, 6.45) is 0.897. The smallest absolute Gasteiger partial charge is 0.167 e. The molecule has 1 aromatic carbocycles. The van der Waals surface area contributed by atoms with Gasteiger partial charge in [0, 0.05) is 16.0 Å². The summed E-state index contributed by atoms with van der Waals surface area (Å²) >= 11 is 3.53. The fourth-order valence-corrected chi connectivity index (χ4v) is 2.80. The van der Waals surface area contributed by atoms with Gasteiger partial charge in [-0.1, -0.05) is 13.0 Å². The zero-order valence-electron chi connectivity index (χ0n) is 8.65. The molecule has 1 nitrogen and oxygen atoms in total. The number of fused-ring (bicyclic) bond motifs is 1. The van der Waals surface area contributed by atoms with E-state index in [0.717, 1.165) is 16.5 Å². The van der Waals surface area contributed by atoms with Crippen LogP contribution in [0.1, 0.15) is 34.0 Å². The number of hydrogen-bond acceptors (Lipinski definition) is 1. The summed E-state index contributed by atoms with van der Waals surface area (Å²) in [6, 6.07) is 2.15. The Balaban J connectivity index is 2.71. The van der Waals surface area contributed by atoms with Crippen LogP contribution >= 0.6 is 15.9 Å². The van der Waals surface area contributed by atoms with E-state index < -0.39 is 0 Å². The Morgan fingerprint density at radius 3 is 2.71 bits per heavy atom. The van der Waals surface area contributed by atoms with Crippen molar-refractivity contribution in [2.75, 3.05) is 0 Å². The maximum atomic E-state index is 11.9. The van der Waals surface area contributed by atoms with E-state index in [1.165, 1.54) is 16.7 Å². The largest absolute Gasteiger partial charge is 0.294 e. The summed E-state index contributed by atoms with van der Waals surface area (Å²) in [6.45, 7) is 6.14. The molecule has 0 spiro atoms. The number of Topliss-reactive ketones (excluding diaryl/α,β-unsaturated/α-hetero) is 1. The van der Waals surface area contributed by atoms with Gasteiger partial charge >= 0.3 is 0 Å². The van der Waals surface area contributed by atoms with Gasteiger partial charge in [-0.2, -0.15) is 0 Å². The third kappa shape index (κ3) is 1.24. The first-order valence-electron chi connectivity index (χ1n) is 4.85. The van der Waals surface area contributed by atoms with E-state index in [1.54, 1.807) is 0 Å². The van der Waals surface area contributed by atoms with E-state index >= 15 is 0 Å². The monoisotopic (exact) mass is 252 g/mol. The van der Waals surface area contributed by atoms with E-state index in [0.29, 0.717) is 0 Å². The van der Waals surface area contributed by atoms with Crippen molar-refractivity contribution >= 4 is 21.7 Å². The zero-order valence-corrected chi connectivity index (χ0v) is 10.2. The van der Waals surface area contributed by atoms with Crippen LogP contribution in [0.3, 0.4) is 0 Å². The van der Waals surface area contributed by atoms with Crippen molar-refractivity contribution in [3.05, 3.63) is 32.8 Å². The van der Waals surface area contributed by atoms with Crippen molar-refractivity contribution < 1.29 is 4.79 Å². The van der Waals surface area contributed by atoms with Crippen LogP contribution in [0.2, 0.25) is 0 Å². The van der Waals surface area contributed by atoms with E-state index in [9.17, 15) is 4.79 Å². The SMILES string of the molecule is Cc1cc2c(c(Br)c1C)C(=O)C(C)C2. The average molecular weight is 253 g/mol. The molecule has 2 rings (SSSR count). The van der Waals surface area contributed by atoms with Crippen molar-refractivity contribution in [1.82, 2.24) is 0 Å². The summed E-state index contributed by atoms with van der Waals surface area (Å²) < 4.78 is 1.00. The van der Waals surface area contributed by atoms with Gasteiger partial charge in [0.25, 0.3) is 0 Å². The second kappa shape index (κ2) is 3.20. The third-order valence-corrected chi connectivity index (χ3v) is 4.06. The van der Waals surface area contributed by atoms with Gasteiger partial charge in [-0.05, 0) is 52.9 Å². The van der Waals surface area contributed by atoms with Crippen LogP contribution < -0.4 is 0 Å². The van der Waals surface area contributed by atoms with E-state index in [4.69, 9.17) is 0 Å². The van der Waals surface area contributed by atoms with Gasteiger partial charge in [0.2, 0.25) is 0 Å². The molecule has 0 radical (unpaired) electrons. The molecule has 0 N–H and O–H groups in total. The Labute approximate surface area is 92.6 Å². The molecule has 74 valence electrons. The first-order chi connectivity index (χ1) is 6.52. The molecule has 0 fully saturated rings. The molecule has 0 saturated carbocycles. The fraction of sp³-hybridized carbons (Fsp3) is 0.417. The maximum Gasteiger partial charge on any atom is 0.167 e. The van der Waals surface area contributed by atoms with Crippen molar-refractivity contribution in [3.8, 4) is 0 Å². The first-order valence-corrected chi connectivity index (χ1v) is 5.64. The van der Waals surface area contributed by atoms with E-state index in [1.807, 2.05) is 6.92 Å². The topological polar surface area (TPSA) is 17.1 Å². The van der Waals surface area contributed by atoms with Crippen molar-refractivity contribution in [2.45, 2.75) is 27.2 Å². The Hall–Kier alpha value is -0.630. The van der Waals surface area contributed by atoms with Crippen LogP contribution in [0, 0.1) is 19.8 Å². The summed E-state index contributed by atoms with van der Waals surface area (Å²) in [5, 5.41) is 0. The molecular formula is C12H13BrO. The van der Waals surface area contributed by atoms with Crippen molar-refractivity contribution in [1.29, 1.82) is 0 Å². The zero-order chi connectivity index (χ0) is 10.5. The fourth-order valence-electron chi connectivity index (χ4n) is 2.04. The summed E-state index contributed by atoms with van der Waals surface area (Å²) in [5.41, 5.74) is 4.57. The molecule has 1 aliphatic rings. The van der Waals surface area contributed by atoms with Crippen molar-refractivity contribution in [2.24, 2.45) is 5.92 Å². The molecule has 1 aliphatic carbocycles. The highest BCUT2D eigenvalue weighted by Gasteiger charge is 2.30. The van der Waals surface area contributed by atoms with Gasteiger partial charge in [0.05, 0.1) is 0 Å². The highest BCUT2D eigenvalue weighted by molar-refractivity contribution is 9.10. The molecule has 0 amide bonds. The highest BCUT2D eigenvalue weighted by Crippen LogP contribution is 2.35. The lowest BCUT2D eigenvalue weighted by atomic mass is 10.0. The molecule has 1 aromatic rings. The quantitative estimate of drug-likeness (QED) is 0.692. The Morgan fingerprint density at radius 1 is 1.43 bits per heavy atom. The lowest BCUT2D eigenvalue weighted by Crippen LogP contribution is -2.04. The molecular weight excluding hydrogens is 240 g/mol. The van der Waals surface area contributed by atoms with Crippen molar-refractivity contribution in [3.63, 3.8) is 0 Å². The van der Waals surface area contributed by atoms with Crippen LogP contribution in [0.5, 0.6) is 0 Å². The molecule has 0 bridgehead atoms. The molecule has 2 heteroatoms. The van der Waals surface area contributed by atoms with Crippen LogP contribution in [0.25, 0.3) is 0 Å². The normalized spacial score (nSPS) is 20.0. The van der Waals surface area contributed by atoms with Crippen LogP contribution in [-0.4, -0.2) is 5.78 Å². The summed E-state index contributed by atoms with van der Waals surface area (Å²) in [4.78, 5) is 11.9. The average Bonchev–Trinajstić information content (AvgIpc) is 2.39. The minimum atomic E-state index is 0.155. The number of benzene rings is 1. The predicted molar refractivity (Wildman–Crippen MR) is 60.8 cm³/mol. The molecule has 0 aliphatic heterocycles. The number of aryl methyl sites for hydroxylation is 1. The first kappa shape index (κ1) is 9.91. The summed E-state index contributed by atoms with van der Waals surface area (Å²) in [5.74, 6) is 0.442. The number of carbonyl (C=O) groups is 1. The molecule has 14 heavy (non-hydrogen) atoms. The second-order valence-electron chi connectivity index (χ2n) is 4.14. The van der Waals surface area contributed by atoms with Gasteiger partial charge in [0.1, 0.15) is 0 Å². The second-order valence-corrected chi connectivity index (χ2v) is 4.93. The maximum absolute atomic E-state index is 11.9. The molecule has 0 saturated heterocycles. The number of hydrogen-bond donors (Lipinski definition) is 0. The van der Waals surface area contributed by atoms with Crippen LogP contribution in [-0.2, 0) is 6.42 Å². The number of halogens is 1. The van der Waals surface area contributed by atoms with Gasteiger partial charge < -0.3 is 0 Å². The van der Waals surface area contributed by atoms with Gasteiger partial charge in [0.15, 0.2) is 5.78 Å². The molecule has 0 aromatic heterocycles. The van der Waals surface area contributed by atoms with Crippen LogP contribution in [0.4, 0.5) is 0 Å². The van der Waals surface area contributed by atoms with E-state index in [-0.39, 0.29) is 11.7 Å². The predicted octanol–water partition coefficient (Wildman–Crippen LogP) is 3.44. The Kier molecular flexibility index (Phi) is 2.26. The Bertz CT molecular complexity index is 421. The van der Waals surface area contributed by atoms with Gasteiger partial charge in [-0.25, -0.2) is 0 Å².